The van der Waals surface area contributed by atoms with Crippen LogP contribution in [0.15, 0.2) is 0 Å². The Morgan fingerprint density at radius 1 is 1.50 bits per heavy atom. The van der Waals surface area contributed by atoms with Crippen molar-refractivity contribution in [3.63, 3.8) is 0 Å². The molecule has 1 heterocycles. The molecule has 6 nitrogen and oxygen atoms in total. The fourth-order valence-electron chi connectivity index (χ4n) is 2.02. The van der Waals surface area contributed by atoms with Crippen LogP contribution in [0.1, 0.15) is 26.2 Å². The van der Waals surface area contributed by atoms with E-state index in [-0.39, 0.29) is 11.8 Å². The number of nitrogens with zero attached hydrogens (tertiary/aromatic N) is 2. The zero-order valence-corrected chi connectivity index (χ0v) is 10.6. The number of carboxylic acids is 1. The molecule has 1 saturated heterocycles. The van der Waals surface area contributed by atoms with Crippen molar-refractivity contribution in [2.24, 2.45) is 5.92 Å². The summed E-state index contributed by atoms with van der Waals surface area (Å²) in [6.07, 6.45) is 1.96. The fourth-order valence-corrected chi connectivity index (χ4v) is 2.02. The van der Waals surface area contributed by atoms with E-state index in [4.69, 9.17) is 10.4 Å². The Bertz CT molecular complexity index is 343. The highest BCUT2D eigenvalue weighted by Crippen LogP contribution is 2.17. The van der Waals surface area contributed by atoms with Crippen molar-refractivity contribution in [1.82, 2.24) is 10.2 Å². The molecule has 18 heavy (non-hydrogen) atoms. The van der Waals surface area contributed by atoms with Crippen LogP contribution in [0, 0.1) is 17.2 Å². The third-order valence-electron chi connectivity index (χ3n) is 3.23. The predicted octanol–water partition coefficient (Wildman–Crippen LogP) is 0.201. The molecule has 0 radical (unpaired) electrons. The number of aliphatic carboxylic acids is 1. The van der Waals surface area contributed by atoms with E-state index in [9.17, 15) is 9.59 Å². The molecular formula is C12H19N3O3. The van der Waals surface area contributed by atoms with Crippen LogP contribution >= 0.6 is 0 Å². The normalized spacial score (nSPS) is 18.9. The molecule has 1 atom stereocenters. The molecule has 6 heteroatoms. The number of amides is 1. The van der Waals surface area contributed by atoms with Crippen LogP contribution in [-0.4, -0.2) is 47.6 Å². The van der Waals surface area contributed by atoms with E-state index < -0.39 is 12.0 Å². The first-order chi connectivity index (χ1) is 8.54. The summed E-state index contributed by atoms with van der Waals surface area (Å²) in [6.45, 7) is 3.79. The van der Waals surface area contributed by atoms with Gasteiger partial charge >= 0.3 is 5.97 Å². The van der Waals surface area contributed by atoms with Crippen LogP contribution in [0.5, 0.6) is 0 Å². The smallest absolute Gasteiger partial charge is 0.325 e. The van der Waals surface area contributed by atoms with E-state index in [2.05, 4.69) is 16.3 Å². The molecule has 0 aromatic rings. The van der Waals surface area contributed by atoms with E-state index in [1.54, 1.807) is 0 Å². The second-order valence-corrected chi connectivity index (χ2v) is 4.59. The summed E-state index contributed by atoms with van der Waals surface area (Å²) < 4.78 is 0. The fraction of sp³-hybridized carbons (Fsp3) is 0.750. The molecule has 0 spiro atoms. The van der Waals surface area contributed by atoms with Crippen molar-refractivity contribution in [3.8, 4) is 6.07 Å². The van der Waals surface area contributed by atoms with Gasteiger partial charge in [-0.25, -0.2) is 0 Å². The van der Waals surface area contributed by atoms with Crippen molar-refractivity contribution in [2.75, 3.05) is 19.6 Å². The molecule has 1 rings (SSSR count). The van der Waals surface area contributed by atoms with Gasteiger partial charge < -0.3 is 15.3 Å². The third kappa shape index (κ3) is 4.34. The summed E-state index contributed by atoms with van der Waals surface area (Å²) in [7, 11) is 0. The lowest BCUT2D eigenvalue weighted by Gasteiger charge is -2.30. The van der Waals surface area contributed by atoms with E-state index >= 15 is 0 Å². The maximum Gasteiger partial charge on any atom is 0.325 e. The first kappa shape index (κ1) is 14.5. The molecular weight excluding hydrogens is 234 g/mol. The topological polar surface area (TPSA) is 93.4 Å². The Morgan fingerprint density at radius 2 is 2.11 bits per heavy atom. The summed E-state index contributed by atoms with van der Waals surface area (Å²) in [5.74, 6) is -1.30. The van der Waals surface area contributed by atoms with Gasteiger partial charge in [0.1, 0.15) is 6.04 Å². The lowest BCUT2D eigenvalue weighted by Crippen LogP contribution is -2.45. The zero-order valence-electron chi connectivity index (χ0n) is 10.6. The standard InChI is InChI=1S/C12H19N3O3/c1-9(12(17)18)14-11(16)10-3-7-15(8-4-10)6-2-5-13/h9-10H,2-4,6-8H2,1H3,(H,14,16)(H,17,18). The molecule has 0 aromatic carbocycles. The van der Waals surface area contributed by atoms with Crippen molar-refractivity contribution in [2.45, 2.75) is 32.2 Å². The van der Waals surface area contributed by atoms with Crippen LogP contribution in [0.2, 0.25) is 0 Å². The maximum atomic E-state index is 11.8. The first-order valence-electron chi connectivity index (χ1n) is 6.17. The lowest BCUT2D eigenvalue weighted by atomic mass is 9.95. The van der Waals surface area contributed by atoms with Crippen molar-refractivity contribution >= 4 is 11.9 Å². The molecule has 0 bridgehead atoms. The van der Waals surface area contributed by atoms with Gasteiger partial charge in [-0.05, 0) is 32.9 Å². The van der Waals surface area contributed by atoms with Gasteiger partial charge in [0.2, 0.25) is 5.91 Å². The van der Waals surface area contributed by atoms with Crippen molar-refractivity contribution in [3.05, 3.63) is 0 Å². The Morgan fingerprint density at radius 3 is 2.61 bits per heavy atom. The number of hydrogen-bond acceptors (Lipinski definition) is 4. The number of carboxylic acid groups (broad SMARTS) is 1. The van der Waals surface area contributed by atoms with Crippen molar-refractivity contribution in [1.29, 1.82) is 5.26 Å². The van der Waals surface area contributed by atoms with Gasteiger partial charge in [-0.3, -0.25) is 9.59 Å². The molecule has 1 aliphatic heterocycles. The molecule has 2 N–H and O–H groups in total. The maximum absolute atomic E-state index is 11.8. The Balaban J connectivity index is 2.32. The van der Waals surface area contributed by atoms with Crippen molar-refractivity contribution < 1.29 is 14.7 Å². The van der Waals surface area contributed by atoms with E-state index in [0.717, 1.165) is 32.5 Å². The Labute approximate surface area is 107 Å². The van der Waals surface area contributed by atoms with Crippen LogP contribution < -0.4 is 5.32 Å². The highest BCUT2D eigenvalue weighted by atomic mass is 16.4. The van der Waals surface area contributed by atoms with E-state index in [1.165, 1.54) is 6.92 Å². The van der Waals surface area contributed by atoms with Crippen LogP contribution in [0.4, 0.5) is 0 Å². The van der Waals surface area contributed by atoms with Gasteiger partial charge in [0.25, 0.3) is 0 Å². The summed E-state index contributed by atoms with van der Waals surface area (Å²) in [5.41, 5.74) is 0. The first-order valence-corrected chi connectivity index (χ1v) is 6.17. The van der Waals surface area contributed by atoms with Gasteiger partial charge in [-0.15, -0.1) is 0 Å². The van der Waals surface area contributed by atoms with Gasteiger partial charge in [-0.2, -0.15) is 5.26 Å². The zero-order chi connectivity index (χ0) is 13.5. The second-order valence-electron chi connectivity index (χ2n) is 4.59. The second kappa shape index (κ2) is 6.97. The van der Waals surface area contributed by atoms with Gasteiger partial charge in [-0.1, -0.05) is 0 Å². The SMILES string of the molecule is CC(NC(=O)C1CCN(CCC#N)CC1)C(=O)O. The number of piperidine rings is 1. The monoisotopic (exact) mass is 253 g/mol. The highest BCUT2D eigenvalue weighted by molar-refractivity contribution is 5.84. The van der Waals surface area contributed by atoms with E-state index in [1.807, 2.05) is 0 Å². The summed E-state index contributed by atoms with van der Waals surface area (Å²) >= 11 is 0. The predicted molar refractivity (Wildman–Crippen MR) is 64.6 cm³/mol. The molecule has 1 unspecified atom stereocenters. The third-order valence-corrected chi connectivity index (χ3v) is 3.23. The molecule has 0 saturated carbocycles. The summed E-state index contributed by atoms with van der Waals surface area (Å²) in [4.78, 5) is 24.6. The van der Waals surface area contributed by atoms with Gasteiger partial charge in [0.15, 0.2) is 0 Å². The Hall–Kier alpha value is -1.61. The minimum absolute atomic E-state index is 0.106. The summed E-state index contributed by atoms with van der Waals surface area (Å²) in [6, 6.07) is 1.26. The molecule has 0 aliphatic carbocycles. The minimum Gasteiger partial charge on any atom is -0.480 e. The number of rotatable bonds is 5. The highest BCUT2D eigenvalue weighted by Gasteiger charge is 2.26. The summed E-state index contributed by atoms with van der Waals surface area (Å²) in [5, 5.41) is 19.7. The molecule has 1 fully saturated rings. The van der Waals surface area contributed by atoms with Gasteiger partial charge in [0.05, 0.1) is 6.07 Å². The number of nitriles is 1. The Kier molecular flexibility index (Phi) is 5.59. The molecule has 1 amide bonds. The van der Waals surface area contributed by atoms with Crippen LogP contribution in [0.25, 0.3) is 0 Å². The van der Waals surface area contributed by atoms with Crippen LogP contribution in [-0.2, 0) is 9.59 Å². The number of nitrogens with one attached hydrogen (secondary N) is 1. The number of likely N-dealkylation sites (tertiary alicyclic amines) is 1. The van der Waals surface area contributed by atoms with E-state index in [0.29, 0.717) is 6.42 Å². The average Bonchev–Trinajstić information content (AvgIpc) is 2.36. The minimum atomic E-state index is -1.02. The van der Waals surface area contributed by atoms with Gasteiger partial charge in [0, 0.05) is 18.9 Å². The largest absolute Gasteiger partial charge is 0.480 e. The van der Waals surface area contributed by atoms with Crippen LogP contribution in [0.3, 0.4) is 0 Å². The quantitative estimate of drug-likeness (QED) is 0.730. The molecule has 100 valence electrons. The number of carbonyl (C=O) groups excluding carboxylic acids is 1. The molecule has 0 aromatic heterocycles. The molecule has 1 aliphatic rings. The number of hydrogen-bond donors (Lipinski definition) is 2. The average molecular weight is 253 g/mol. The lowest BCUT2D eigenvalue weighted by molar-refractivity contribution is -0.142. The number of carbonyl (C=O) groups is 2.